The fourth-order valence-corrected chi connectivity index (χ4v) is 2.67. The van der Waals surface area contributed by atoms with Gasteiger partial charge in [-0.25, -0.2) is 9.37 Å². The highest BCUT2D eigenvalue weighted by molar-refractivity contribution is 7.98. The minimum atomic E-state index is -0.398. The van der Waals surface area contributed by atoms with E-state index in [-0.39, 0.29) is 5.75 Å². The lowest BCUT2D eigenvalue weighted by atomic mass is 10.3. The summed E-state index contributed by atoms with van der Waals surface area (Å²) in [6.07, 6.45) is 3.10. The zero-order valence-electron chi connectivity index (χ0n) is 10.9. The maximum absolute atomic E-state index is 13.7. The molecule has 104 valence electrons. The first-order valence-corrected chi connectivity index (χ1v) is 7.91. The summed E-state index contributed by atoms with van der Waals surface area (Å²) in [7, 11) is 1.46. The van der Waals surface area contributed by atoms with E-state index in [4.69, 9.17) is 16.3 Å². The van der Waals surface area contributed by atoms with Crippen LogP contribution in [0.2, 0.25) is 0 Å². The monoisotopic (exact) mass is 302 g/mol. The lowest BCUT2D eigenvalue weighted by molar-refractivity contribution is 0.387. The van der Waals surface area contributed by atoms with E-state index in [0.717, 1.165) is 30.1 Å². The summed E-state index contributed by atoms with van der Waals surface area (Å²) in [5.41, 5.74) is 1.49. The number of aromatic nitrogens is 2. The number of ether oxygens (including phenoxy) is 1. The number of alkyl halides is 1. The van der Waals surface area contributed by atoms with Crippen LogP contribution in [0.3, 0.4) is 0 Å². The van der Waals surface area contributed by atoms with Crippen LogP contribution in [-0.2, 0) is 12.4 Å². The van der Waals surface area contributed by atoms with Gasteiger partial charge in [-0.1, -0.05) is 0 Å². The van der Waals surface area contributed by atoms with Crippen LogP contribution in [0.25, 0.3) is 11.0 Å². The van der Waals surface area contributed by atoms with Gasteiger partial charge in [-0.15, -0.1) is 11.6 Å². The number of imidazole rings is 1. The normalized spacial score (nSPS) is 11.2. The van der Waals surface area contributed by atoms with Crippen molar-refractivity contribution in [3.8, 4) is 5.75 Å². The van der Waals surface area contributed by atoms with Gasteiger partial charge in [0, 0.05) is 18.7 Å². The first kappa shape index (κ1) is 14.5. The molecule has 0 saturated carbocycles. The van der Waals surface area contributed by atoms with E-state index in [1.165, 1.54) is 13.2 Å². The highest BCUT2D eigenvalue weighted by Crippen LogP contribution is 2.26. The zero-order chi connectivity index (χ0) is 13.8. The number of hydrogen-bond donors (Lipinski definition) is 0. The van der Waals surface area contributed by atoms with Crippen molar-refractivity contribution < 1.29 is 9.13 Å². The van der Waals surface area contributed by atoms with Gasteiger partial charge in [-0.3, -0.25) is 0 Å². The number of thioether (sulfide) groups is 1. The summed E-state index contributed by atoms with van der Waals surface area (Å²) >= 11 is 7.72. The number of benzene rings is 1. The molecule has 0 aliphatic heterocycles. The van der Waals surface area contributed by atoms with Crippen LogP contribution in [0.15, 0.2) is 12.1 Å². The van der Waals surface area contributed by atoms with Gasteiger partial charge >= 0.3 is 0 Å². The molecule has 0 amide bonds. The molecule has 0 bridgehead atoms. The lowest BCUT2D eigenvalue weighted by Crippen LogP contribution is -2.03. The first-order chi connectivity index (χ1) is 9.21. The molecule has 2 aromatic rings. The van der Waals surface area contributed by atoms with Gasteiger partial charge in [0.15, 0.2) is 11.6 Å². The van der Waals surface area contributed by atoms with Crippen molar-refractivity contribution in [3.63, 3.8) is 0 Å². The summed E-state index contributed by atoms with van der Waals surface area (Å²) in [6.45, 7) is 0.828. The van der Waals surface area contributed by atoms with E-state index in [9.17, 15) is 4.39 Å². The van der Waals surface area contributed by atoms with E-state index in [1.54, 1.807) is 17.8 Å². The average Bonchev–Trinajstić information content (AvgIpc) is 2.75. The second-order valence-electron chi connectivity index (χ2n) is 4.14. The van der Waals surface area contributed by atoms with Gasteiger partial charge in [0.05, 0.1) is 24.0 Å². The number of fused-ring (bicyclic) bond motifs is 1. The Morgan fingerprint density at radius 1 is 1.47 bits per heavy atom. The molecule has 6 heteroatoms. The second-order valence-corrected chi connectivity index (χ2v) is 5.39. The molecule has 0 N–H and O–H groups in total. The van der Waals surface area contributed by atoms with Gasteiger partial charge in [0.25, 0.3) is 0 Å². The fourth-order valence-electron chi connectivity index (χ4n) is 2.05. The third-order valence-electron chi connectivity index (χ3n) is 2.95. The van der Waals surface area contributed by atoms with E-state index in [0.29, 0.717) is 11.4 Å². The molecule has 2 rings (SSSR count). The Kier molecular flexibility index (Phi) is 4.93. The number of aryl methyl sites for hydroxylation is 1. The van der Waals surface area contributed by atoms with Gasteiger partial charge in [-0.05, 0) is 18.4 Å². The second kappa shape index (κ2) is 6.48. The van der Waals surface area contributed by atoms with Gasteiger partial charge in [0.2, 0.25) is 0 Å². The molecular weight excluding hydrogens is 287 g/mol. The Hall–Kier alpha value is -0.940. The Bertz CT molecular complexity index is 573. The van der Waals surface area contributed by atoms with E-state index in [1.807, 2.05) is 4.57 Å². The highest BCUT2D eigenvalue weighted by atomic mass is 35.5. The SMILES string of the molecule is COc1cc2c(cc1F)nc(CCl)n2CCCSC. The lowest BCUT2D eigenvalue weighted by Gasteiger charge is -2.08. The number of nitrogens with zero attached hydrogens (tertiary/aromatic N) is 2. The third-order valence-corrected chi connectivity index (χ3v) is 3.89. The van der Waals surface area contributed by atoms with Crippen LogP contribution in [0, 0.1) is 5.82 Å². The fraction of sp³-hybridized carbons (Fsp3) is 0.462. The molecule has 0 radical (unpaired) electrons. The summed E-state index contributed by atoms with van der Waals surface area (Å²) in [5, 5.41) is 0. The molecule has 1 aromatic heterocycles. The average molecular weight is 303 g/mol. The molecule has 0 saturated heterocycles. The smallest absolute Gasteiger partial charge is 0.167 e. The summed E-state index contributed by atoms with van der Waals surface area (Å²) in [4.78, 5) is 4.37. The highest BCUT2D eigenvalue weighted by Gasteiger charge is 2.13. The molecule has 3 nitrogen and oxygen atoms in total. The van der Waals surface area contributed by atoms with Crippen LogP contribution >= 0.6 is 23.4 Å². The predicted molar refractivity (Wildman–Crippen MR) is 78.8 cm³/mol. The van der Waals surface area contributed by atoms with E-state index < -0.39 is 5.82 Å². The molecular formula is C13H16ClFN2OS. The van der Waals surface area contributed by atoms with E-state index >= 15 is 0 Å². The van der Waals surface area contributed by atoms with Crippen molar-refractivity contribution in [1.82, 2.24) is 9.55 Å². The van der Waals surface area contributed by atoms with Crippen molar-refractivity contribution in [2.75, 3.05) is 19.1 Å². The number of halogens is 2. The van der Waals surface area contributed by atoms with Gasteiger partial charge in [-0.2, -0.15) is 11.8 Å². The predicted octanol–water partition coefficient (Wildman–Crippen LogP) is 3.68. The van der Waals surface area contributed by atoms with Crippen LogP contribution in [0.1, 0.15) is 12.2 Å². The largest absolute Gasteiger partial charge is 0.494 e. The van der Waals surface area contributed by atoms with Crippen molar-refractivity contribution in [2.24, 2.45) is 0 Å². The van der Waals surface area contributed by atoms with Crippen LogP contribution < -0.4 is 4.74 Å². The molecule has 19 heavy (non-hydrogen) atoms. The summed E-state index contributed by atoms with van der Waals surface area (Å²) in [5.74, 6) is 1.99. The topological polar surface area (TPSA) is 27.1 Å². The molecule has 0 aliphatic carbocycles. The van der Waals surface area contributed by atoms with Crippen molar-refractivity contribution >= 4 is 34.4 Å². The van der Waals surface area contributed by atoms with Crippen LogP contribution in [-0.4, -0.2) is 28.7 Å². The molecule has 0 aliphatic rings. The van der Waals surface area contributed by atoms with Gasteiger partial charge < -0.3 is 9.30 Å². The van der Waals surface area contributed by atoms with Crippen LogP contribution in [0.4, 0.5) is 4.39 Å². The molecule has 1 heterocycles. The summed E-state index contributed by atoms with van der Waals surface area (Å²) in [6, 6.07) is 3.09. The minimum absolute atomic E-state index is 0.236. The Balaban J connectivity index is 2.45. The Labute approximate surface area is 121 Å². The minimum Gasteiger partial charge on any atom is -0.494 e. The maximum atomic E-state index is 13.7. The number of rotatable bonds is 6. The Morgan fingerprint density at radius 2 is 2.26 bits per heavy atom. The van der Waals surface area contributed by atoms with Crippen LogP contribution in [0.5, 0.6) is 5.75 Å². The number of hydrogen-bond acceptors (Lipinski definition) is 3. The molecule has 0 fully saturated rings. The first-order valence-electron chi connectivity index (χ1n) is 5.98. The van der Waals surface area contributed by atoms with Crippen molar-refractivity contribution in [1.29, 1.82) is 0 Å². The van der Waals surface area contributed by atoms with Crippen molar-refractivity contribution in [2.45, 2.75) is 18.8 Å². The Morgan fingerprint density at radius 3 is 2.89 bits per heavy atom. The molecule has 0 spiro atoms. The third kappa shape index (κ3) is 2.98. The van der Waals surface area contributed by atoms with E-state index in [2.05, 4.69) is 11.2 Å². The standard InChI is InChI=1S/C13H16ClFN2OS/c1-18-12-7-11-10(6-9(12)15)16-13(8-14)17(11)4-3-5-19-2/h6-7H,3-5,8H2,1-2H3. The summed E-state index contributed by atoms with van der Waals surface area (Å²) < 4.78 is 20.7. The maximum Gasteiger partial charge on any atom is 0.167 e. The molecule has 1 aromatic carbocycles. The van der Waals surface area contributed by atoms with Gasteiger partial charge in [0.1, 0.15) is 5.82 Å². The molecule has 0 unspecified atom stereocenters. The van der Waals surface area contributed by atoms with Crippen molar-refractivity contribution in [3.05, 3.63) is 23.8 Å². The quantitative estimate of drug-likeness (QED) is 0.602. The molecule has 0 atom stereocenters. The number of methoxy groups -OCH3 is 1. The zero-order valence-corrected chi connectivity index (χ0v) is 12.5.